The summed E-state index contributed by atoms with van der Waals surface area (Å²) in [4.78, 5) is 16.3. The maximum atomic E-state index is 11.1. The van der Waals surface area contributed by atoms with Crippen LogP contribution in [0.3, 0.4) is 0 Å². The van der Waals surface area contributed by atoms with E-state index in [-0.39, 0.29) is 10.7 Å². The summed E-state index contributed by atoms with van der Waals surface area (Å²) in [6, 6.07) is 0. The molecule has 0 radical (unpaired) electrons. The third-order valence-corrected chi connectivity index (χ3v) is 2.77. The molecule has 0 bridgehead atoms. The Morgan fingerprint density at radius 3 is 3.00 bits per heavy atom. The SMILES string of the molecule is Cc1cnc(CNC(=O)C(C)Br)s1. The highest BCUT2D eigenvalue weighted by atomic mass is 79.9. The summed E-state index contributed by atoms with van der Waals surface area (Å²) in [5, 5.41) is 3.72. The Kier molecular flexibility index (Phi) is 3.87. The molecule has 0 aliphatic rings. The van der Waals surface area contributed by atoms with Crippen molar-refractivity contribution in [1.82, 2.24) is 10.3 Å². The Bertz CT molecular complexity index is 298. The molecule has 13 heavy (non-hydrogen) atoms. The van der Waals surface area contributed by atoms with Gasteiger partial charge in [0.2, 0.25) is 5.91 Å². The van der Waals surface area contributed by atoms with E-state index in [4.69, 9.17) is 0 Å². The molecule has 1 atom stereocenters. The molecule has 1 heterocycles. The molecule has 0 aliphatic heterocycles. The van der Waals surface area contributed by atoms with E-state index in [2.05, 4.69) is 26.2 Å². The first-order valence-corrected chi connectivity index (χ1v) is 5.66. The van der Waals surface area contributed by atoms with Crippen LogP contribution in [0.2, 0.25) is 0 Å². The molecule has 72 valence electrons. The molecule has 1 aromatic rings. The molecule has 0 aliphatic carbocycles. The molecule has 1 N–H and O–H groups in total. The van der Waals surface area contributed by atoms with Gasteiger partial charge in [0, 0.05) is 11.1 Å². The second kappa shape index (κ2) is 4.72. The van der Waals surface area contributed by atoms with E-state index < -0.39 is 0 Å². The van der Waals surface area contributed by atoms with Crippen molar-refractivity contribution in [3.05, 3.63) is 16.1 Å². The van der Waals surface area contributed by atoms with E-state index >= 15 is 0 Å². The lowest BCUT2D eigenvalue weighted by molar-refractivity contribution is -0.120. The Hall–Kier alpha value is -0.420. The zero-order chi connectivity index (χ0) is 9.84. The Balaban J connectivity index is 2.39. The van der Waals surface area contributed by atoms with E-state index in [0.717, 1.165) is 9.88 Å². The summed E-state index contributed by atoms with van der Waals surface area (Å²) in [6.45, 7) is 4.31. The van der Waals surface area contributed by atoms with Crippen LogP contribution in [0.5, 0.6) is 0 Å². The number of alkyl halides is 1. The molecule has 3 nitrogen and oxygen atoms in total. The highest BCUT2D eigenvalue weighted by Gasteiger charge is 2.08. The lowest BCUT2D eigenvalue weighted by Crippen LogP contribution is -2.28. The van der Waals surface area contributed by atoms with Gasteiger partial charge < -0.3 is 5.32 Å². The van der Waals surface area contributed by atoms with Gasteiger partial charge in [-0.25, -0.2) is 4.98 Å². The number of rotatable bonds is 3. The van der Waals surface area contributed by atoms with Crippen molar-refractivity contribution >= 4 is 33.2 Å². The first-order valence-electron chi connectivity index (χ1n) is 3.92. The number of halogens is 1. The number of amides is 1. The number of hydrogen-bond acceptors (Lipinski definition) is 3. The number of hydrogen-bond donors (Lipinski definition) is 1. The predicted molar refractivity (Wildman–Crippen MR) is 57.1 cm³/mol. The molecule has 0 aromatic carbocycles. The van der Waals surface area contributed by atoms with E-state index in [1.165, 1.54) is 0 Å². The minimum Gasteiger partial charge on any atom is -0.349 e. The van der Waals surface area contributed by atoms with Gasteiger partial charge in [-0.1, -0.05) is 15.9 Å². The molecule has 1 amide bonds. The number of aromatic nitrogens is 1. The van der Waals surface area contributed by atoms with Crippen molar-refractivity contribution in [3.8, 4) is 0 Å². The van der Waals surface area contributed by atoms with Crippen LogP contribution in [0, 0.1) is 6.92 Å². The normalized spacial score (nSPS) is 12.5. The van der Waals surface area contributed by atoms with Gasteiger partial charge in [0.15, 0.2) is 0 Å². The molecule has 0 saturated heterocycles. The number of carbonyl (C=O) groups is 1. The number of nitrogens with one attached hydrogen (secondary N) is 1. The summed E-state index contributed by atoms with van der Waals surface area (Å²) < 4.78 is 0. The van der Waals surface area contributed by atoms with E-state index in [1.807, 2.05) is 13.1 Å². The highest BCUT2D eigenvalue weighted by molar-refractivity contribution is 9.10. The maximum absolute atomic E-state index is 11.1. The van der Waals surface area contributed by atoms with Gasteiger partial charge in [-0.15, -0.1) is 11.3 Å². The summed E-state index contributed by atoms with van der Waals surface area (Å²) in [5.74, 6) is -0.00662. The van der Waals surface area contributed by atoms with Crippen molar-refractivity contribution in [3.63, 3.8) is 0 Å². The zero-order valence-corrected chi connectivity index (χ0v) is 9.91. The number of carbonyl (C=O) groups excluding carboxylic acids is 1. The van der Waals surface area contributed by atoms with Crippen molar-refractivity contribution in [2.75, 3.05) is 0 Å². The Morgan fingerprint density at radius 1 is 1.85 bits per heavy atom. The van der Waals surface area contributed by atoms with Crippen molar-refractivity contribution in [2.24, 2.45) is 0 Å². The highest BCUT2D eigenvalue weighted by Crippen LogP contribution is 2.10. The standard InChI is InChI=1S/C8H11BrN2OS/c1-5-3-10-7(13-5)4-11-8(12)6(2)9/h3,6H,4H2,1-2H3,(H,11,12). The first-order chi connectivity index (χ1) is 6.09. The molecular weight excluding hydrogens is 252 g/mol. The predicted octanol–water partition coefficient (Wildman–Crippen LogP) is 1.85. The lowest BCUT2D eigenvalue weighted by Gasteiger charge is -2.03. The lowest BCUT2D eigenvalue weighted by atomic mass is 10.4. The second-order valence-corrected chi connectivity index (χ2v) is 5.39. The summed E-state index contributed by atoms with van der Waals surface area (Å²) in [7, 11) is 0. The van der Waals surface area contributed by atoms with Crippen LogP contribution in [0.1, 0.15) is 16.8 Å². The molecule has 1 aromatic heterocycles. The van der Waals surface area contributed by atoms with Gasteiger partial charge in [-0.05, 0) is 13.8 Å². The van der Waals surface area contributed by atoms with Gasteiger partial charge in [0.1, 0.15) is 5.01 Å². The van der Waals surface area contributed by atoms with Crippen molar-refractivity contribution < 1.29 is 4.79 Å². The molecule has 5 heteroatoms. The molecule has 1 unspecified atom stereocenters. The van der Waals surface area contributed by atoms with E-state index in [1.54, 1.807) is 18.3 Å². The molecular formula is C8H11BrN2OS. The van der Waals surface area contributed by atoms with Crippen LogP contribution >= 0.6 is 27.3 Å². The molecule has 0 saturated carbocycles. The summed E-state index contributed by atoms with van der Waals surface area (Å²) in [5.41, 5.74) is 0. The Labute approximate surface area is 89.7 Å². The fourth-order valence-corrected chi connectivity index (χ4v) is 1.68. The van der Waals surface area contributed by atoms with Crippen LogP contribution in [-0.2, 0) is 11.3 Å². The zero-order valence-electron chi connectivity index (χ0n) is 7.50. The third-order valence-electron chi connectivity index (χ3n) is 1.44. The monoisotopic (exact) mass is 262 g/mol. The largest absolute Gasteiger partial charge is 0.349 e. The second-order valence-electron chi connectivity index (χ2n) is 2.70. The number of nitrogens with zero attached hydrogens (tertiary/aromatic N) is 1. The first kappa shape index (κ1) is 10.7. The van der Waals surface area contributed by atoms with Crippen LogP contribution in [0.4, 0.5) is 0 Å². The van der Waals surface area contributed by atoms with E-state index in [9.17, 15) is 4.79 Å². The molecule has 0 spiro atoms. The fourth-order valence-electron chi connectivity index (χ4n) is 0.787. The number of aryl methyl sites for hydroxylation is 1. The topological polar surface area (TPSA) is 42.0 Å². The van der Waals surface area contributed by atoms with Crippen molar-refractivity contribution in [1.29, 1.82) is 0 Å². The minimum absolute atomic E-state index is 0.00662. The van der Waals surface area contributed by atoms with Crippen LogP contribution < -0.4 is 5.32 Å². The average Bonchev–Trinajstić information content (AvgIpc) is 2.47. The Morgan fingerprint density at radius 2 is 2.54 bits per heavy atom. The molecule has 0 fully saturated rings. The summed E-state index contributed by atoms with van der Waals surface area (Å²) >= 11 is 4.79. The van der Waals surface area contributed by atoms with Gasteiger partial charge in [0.05, 0.1) is 11.4 Å². The van der Waals surface area contributed by atoms with Crippen LogP contribution in [0.25, 0.3) is 0 Å². The maximum Gasteiger partial charge on any atom is 0.233 e. The molecule has 1 rings (SSSR count). The summed E-state index contributed by atoms with van der Waals surface area (Å²) in [6.07, 6.45) is 1.81. The fraction of sp³-hybridized carbons (Fsp3) is 0.500. The van der Waals surface area contributed by atoms with Gasteiger partial charge in [-0.3, -0.25) is 4.79 Å². The van der Waals surface area contributed by atoms with Crippen LogP contribution in [-0.4, -0.2) is 15.7 Å². The van der Waals surface area contributed by atoms with Gasteiger partial charge in [-0.2, -0.15) is 0 Å². The van der Waals surface area contributed by atoms with Gasteiger partial charge >= 0.3 is 0 Å². The van der Waals surface area contributed by atoms with E-state index in [0.29, 0.717) is 6.54 Å². The van der Waals surface area contributed by atoms with Crippen LogP contribution in [0.15, 0.2) is 6.20 Å². The van der Waals surface area contributed by atoms with Crippen molar-refractivity contribution in [2.45, 2.75) is 25.2 Å². The smallest absolute Gasteiger partial charge is 0.233 e. The third kappa shape index (κ3) is 3.44. The quantitative estimate of drug-likeness (QED) is 0.846. The van der Waals surface area contributed by atoms with Gasteiger partial charge in [0.25, 0.3) is 0 Å². The minimum atomic E-state index is -0.145. The average molecular weight is 263 g/mol. The number of thiazole rings is 1.